The Labute approximate surface area is 269 Å². The number of aliphatic imine (C=N–C) groups is 1. The van der Waals surface area contributed by atoms with Crippen molar-refractivity contribution in [2.45, 2.75) is 6.61 Å². The van der Waals surface area contributed by atoms with Crippen molar-refractivity contribution in [3.63, 3.8) is 0 Å². The Hall–Kier alpha value is -4.61. The second-order valence-electron chi connectivity index (χ2n) is 9.37. The van der Waals surface area contributed by atoms with Gasteiger partial charge < -0.3 is 23.4 Å². The Balaban J connectivity index is 1.51. The highest BCUT2D eigenvalue weighted by Crippen LogP contribution is 2.43. The topological polar surface area (TPSA) is 86.2 Å². The van der Waals surface area contributed by atoms with Crippen LogP contribution in [0.2, 0.25) is 15.1 Å². The van der Waals surface area contributed by atoms with Gasteiger partial charge in [0, 0.05) is 33.0 Å². The summed E-state index contributed by atoms with van der Waals surface area (Å²) in [6.45, 7) is 0.152. The van der Waals surface area contributed by atoms with Crippen LogP contribution in [-0.2, 0) is 6.61 Å². The van der Waals surface area contributed by atoms with E-state index in [0.717, 1.165) is 16.7 Å². The molecule has 0 aliphatic rings. The lowest BCUT2D eigenvalue weighted by molar-refractivity contribution is 0.285. The van der Waals surface area contributed by atoms with E-state index in [1.165, 1.54) is 7.11 Å². The molecule has 0 spiro atoms. The molecule has 5 rings (SSSR count). The van der Waals surface area contributed by atoms with Gasteiger partial charge in [-0.05, 0) is 71.8 Å². The predicted octanol–water partition coefficient (Wildman–Crippen LogP) is 9.80. The number of hydrogen-bond acceptors (Lipinski definition) is 7. The average Bonchev–Trinajstić information content (AvgIpc) is 3.42. The molecule has 0 atom stereocenters. The van der Waals surface area contributed by atoms with Crippen LogP contribution in [0.1, 0.15) is 16.7 Å². The number of furan rings is 1. The number of nitrogens with zero attached hydrogens (tertiary/aromatic N) is 2. The summed E-state index contributed by atoms with van der Waals surface area (Å²) >= 11 is 18.9. The van der Waals surface area contributed by atoms with Crippen molar-refractivity contribution in [3.05, 3.63) is 111 Å². The summed E-state index contributed by atoms with van der Waals surface area (Å²) in [6, 6.07) is 25.6. The number of methoxy groups -OCH3 is 3. The van der Waals surface area contributed by atoms with Crippen LogP contribution in [0.3, 0.4) is 0 Å². The molecule has 0 amide bonds. The van der Waals surface area contributed by atoms with E-state index >= 15 is 0 Å². The van der Waals surface area contributed by atoms with E-state index in [1.54, 1.807) is 50.8 Å². The summed E-state index contributed by atoms with van der Waals surface area (Å²) in [5, 5.41) is 11.6. The standard InChI is InChI=1S/C34H25Cl3N2O5/c1-40-25-10-5-21(6-11-25)31-27(17-38)34(44-32(31)22-7-12-26(41-2)13-8-22)39-18-20-14-29(37)33(30(15-20)42-3)43-19-23-4-9-24(35)16-28(23)36/h4-16,18H,19H2,1-3H3. The van der Waals surface area contributed by atoms with Crippen molar-refractivity contribution >= 4 is 46.9 Å². The molecule has 0 saturated carbocycles. The van der Waals surface area contributed by atoms with Gasteiger partial charge in [-0.1, -0.05) is 53.0 Å². The average molecular weight is 648 g/mol. The lowest BCUT2D eigenvalue weighted by Gasteiger charge is -2.14. The summed E-state index contributed by atoms with van der Waals surface area (Å²) in [6.07, 6.45) is 1.55. The van der Waals surface area contributed by atoms with Crippen LogP contribution in [-0.4, -0.2) is 27.5 Å². The maximum Gasteiger partial charge on any atom is 0.238 e. The van der Waals surface area contributed by atoms with Crippen LogP contribution in [0.15, 0.2) is 88.3 Å². The first-order chi connectivity index (χ1) is 21.3. The quantitative estimate of drug-likeness (QED) is 0.140. The van der Waals surface area contributed by atoms with Crippen LogP contribution in [0.4, 0.5) is 5.88 Å². The van der Waals surface area contributed by atoms with Crippen molar-refractivity contribution in [1.82, 2.24) is 0 Å². The molecule has 0 bridgehead atoms. The highest BCUT2D eigenvalue weighted by atomic mass is 35.5. The van der Waals surface area contributed by atoms with Gasteiger partial charge in [-0.25, -0.2) is 4.99 Å². The summed E-state index contributed by atoms with van der Waals surface area (Å²) < 4.78 is 28.4. The summed E-state index contributed by atoms with van der Waals surface area (Å²) in [5.41, 5.74) is 3.73. The highest BCUT2D eigenvalue weighted by Gasteiger charge is 2.23. The number of halogens is 3. The Kier molecular flexibility index (Phi) is 9.66. The minimum atomic E-state index is 0.136. The van der Waals surface area contributed by atoms with E-state index in [0.29, 0.717) is 55.0 Å². The molecule has 1 aromatic heterocycles. The van der Waals surface area contributed by atoms with E-state index in [1.807, 2.05) is 48.5 Å². The maximum absolute atomic E-state index is 10.2. The van der Waals surface area contributed by atoms with Gasteiger partial charge in [0.2, 0.25) is 5.88 Å². The minimum absolute atomic E-state index is 0.136. The molecule has 0 fully saturated rings. The van der Waals surface area contributed by atoms with Gasteiger partial charge >= 0.3 is 0 Å². The van der Waals surface area contributed by atoms with Crippen molar-refractivity contribution in [3.8, 4) is 51.5 Å². The number of ether oxygens (including phenoxy) is 4. The van der Waals surface area contributed by atoms with Gasteiger partial charge in [-0.15, -0.1) is 0 Å². The van der Waals surface area contributed by atoms with Crippen LogP contribution in [0, 0.1) is 11.3 Å². The van der Waals surface area contributed by atoms with Crippen molar-refractivity contribution in [2.24, 2.45) is 4.99 Å². The molecular weight excluding hydrogens is 623 g/mol. The number of nitriles is 1. The summed E-state index contributed by atoms with van der Waals surface area (Å²) in [7, 11) is 4.70. The van der Waals surface area contributed by atoms with E-state index in [9.17, 15) is 5.26 Å². The molecule has 1 heterocycles. The van der Waals surface area contributed by atoms with Crippen molar-refractivity contribution in [2.75, 3.05) is 21.3 Å². The highest BCUT2D eigenvalue weighted by molar-refractivity contribution is 6.35. The fraction of sp³-hybridized carbons (Fsp3) is 0.118. The molecule has 7 nitrogen and oxygen atoms in total. The van der Waals surface area contributed by atoms with Crippen LogP contribution < -0.4 is 18.9 Å². The normalized spacial score (nSPS) is 10.9. The molecule has 0 aliphatic carbocycles. The van der Waals surface area contributed by atoms with Gasteiger partial charge in [0.05, 0.1) is 26.4 Å². The monoisotopic (exact) mass is 646 g/mol. The molecule has 0 N–H and O–H groups in total. The molecule has 4 aromatic carbocycles. The SMILES string of the molecule is COc1ccc(-c2oc(N=Cc3cc(Cl)c(OCc4ccc(Cl)cc4Cl)c(OC)c3)c(C#N)c2-c2ccc(OC)cc2)cc1. The van der Waals surface area contributed by atoms with Crippen LogP contribution >= 0.6 is 34.8 Å². The molecule has 44 heavy (non-hydrogen) atoms. The fourth-order valence-electron chi connectivity index (χ4n) is 4.47. The summed E-state index contributed by atoms with van der Waals surface area (Å²) in [5.74, 6) is 2.74. The van der Waals surface area contributed by atoms with Gasteiger partial charge in [0.25, 0.3) is 0 Å². The molecule has 10 heteroatoms. The first kappa shape index (κ1) is 30.8. The number of benzene rings is 4. The molecule has 0 unspecified atom stereocenters. The third-order valence-electron chi connectivity index (χ3n) is 6.70. The zero-order valence-corrected chi connectivity index (χ0v) is 26.1. The third-order valence-corrected chi connectivity index (χ3v) is 7.57. The first-order valence-electron chi connectivity index (χ1n) is 13.2. The zero-order valence-electron chi connectivity index (χ0n) is 23.9. The Morgan fingerprint density at radius 3 is 2.05 bits per heavy atom. The molecule has 5 aromatic rings. The third kappa shape index (κ3) is 6.63. The lowest BCUT2D eigenvalue weighted by atomic mass is 9.98. The molecule has 0 saturated heterocycles. The molecular formula is C34H25Cl3N2O5. The fourth-order valence-corrected chi connectivity index (χ4v) is 5.21. The Morgan fingerprint density at radius 1 is 0.795 bits per heavy atom. The van der Waals surface area contributed by atoms with E-state index in [-0.39, 0.29) is 18.1 Å². The maximum atomic E-state index is 10.2. The number of hydrogen-bond donors (Lipinski definition) is 0. The van der Waals surface area contributed by atoms with E-state index < -0.39 is 0 Å². The minimum Gasteiger partial charge on any atom is -0.497 e. The van der Waals surface area contributed by atoms with E-state index in [2.05, 4.69) is 11.1 Å². The molecule has 0 radical (unpaired) electrons. The zero-order chi connectivity index (χ0) is 31.2. The van der Waals surface area contributed by atoms with Crippen LogP contribution in [0.5, 0.6) is 23.0 Å². The van der Waals surface area contributed by atoms with Crippen LogP contribution in [0.25, 0.3) is 22.5 Å². The van der Waals surface area contributed by atoms with Gasteiger partial charge in [0.15, 0.2) is 11.5 Å². The largest absolute Gasteiger partial charge is 0.497 e. The predicted molar refractivity (Wildman–Crippen MR) is 173 cm³/mol. The van der Waals surface area contributed by atoms with Crippen molar-refractivity contribution < 1.29 is 23.4 Å². The Morgan fingerprint density at radius 2 is 1.45 bits per heavy atom. The number of rotatable bonds is 10. The van der Waals surface area contributed by atoms with Gasteiger partial charge in [-0.3, -0.25) is 0 Å². The molecule has 0 aliphatic heterocycles. The van der Waals surface area contributed by atoms with E-state index in [4.69, 9.17) is 58.2 Å². The first-order valence-corrected chi connectivity index (χ1v) is 14.3. The van der Waals surface area contributed by atoms with Gasteiger partial charge in [-0.2, -0.15) is 5.26 Å². The summed E-state index contributed by atoms with van der Waals surface area (Å²) in [4.78, 5) is 4.56. The van der Waals surface area contributed by atoms with Gasteiger partial charge in [0.1, 0.15) is 35.5 Å². The molecule has 222 valence electrons. The smallest absolute Gasteiger partial charge is 0.238 e. The second-order valence-corrected chi connectivity index (χ2v) is 10.6. The van der Waals surface area contributed by atoms with Crippen molar-refractivity contribution in [1.29, 1.82) is 5.26 Å². The second kappa shape index (κ2) is 13.8. The Bertz CT molecular complexity index is 1860. The lowest BCUT2D eigenvalue weighted by Crippen LogP contribution is -2.00.